The van der Waals surface area contributed by atoms with Crippen molar-refractivity contribution < 1.29 is 21.5 Å². The maximum Gasteiger partial charge on any atom is 0.332 e. The first-order chi connectivity index (χ1) is 11.8. The van der Waals surface area contributed by atoms with Crippen molar-refractivity contribution in [1.29, 1.82) is 0 Å². The van der Waals surface area contributed by atoms with Gasteiger partial charge >= 0.3 is 10.2 Å². The third-order valence-corrected chi connectivity index (χ3v) is 6.05. The molecule has 1 amide bonds. The molecule has 1 aliphatic carbocycles. The highest BCUT2D eigenvalue weighted by Crippen LogP contribution is 2.53. The number of hydrogen-bond acceptors (Lipinski definition) is 3. The van der Waals surface area contributed by atoms with E-state index in [9.17, 15) is 21.5 Å². The van der Waals surface area contributed by atoms with Crippen molar-refractivity contribution in [3.63, 3.8) is 0 Å². The molecule has 0 unspecified atom stereocenters. The molecular weight excluding hydrogens is 348 g/mol. The number of rotatable bonds is 2. The van der Waals surface area contributed by atoms with Gasteiger partial charge in [0.05, 0.1) is 10.6 Å². The highest BCUT2D eigenvalue weighted by Gasteiger charge is 2.50. The summed E-state index contributed by atoms with van der Waals surface area (Å²) in [6, 6.07) is 9.38. The topological polar surface area (TPSA) is 54.5 Å². The zero-order valence-corrected chi connectivity index (χ0v) is 14.0. The number of carbonyl (C=O) groups excluding carboxylic acids is 1. The van der Waals surface area contributed by atoms with Crippen LogP contribution in [-0.2, 0) is 15.6 Å². The van der Waals surface area contributed by atoms with Gasteiger partial charge in [0.25, 0.3) is 5.91 Å². The standard InChI is InChI=1S/C18H15F2NO3S/c19-14-3-1-4-15-16(14)18(9-2-10-18)11-21(15)17(22)12-5-7-13(8-6-12)25(20,23)24/h1,3-8H,2,9-11H2. The highest BCUT2D eigenvalue weighted by molar-refractivity contribution is 7.86. The first kappa shape index (κ1) is 16.2. The molecule has 0 N–H and O–H groups in total. The van der Waals surface area contributed by atoms with E-state index in [1.165, 1.54) is 23.1 Å². The van der Waals surface area contributed by atoms with Crippen molar-refractivity contribution in [1.82, 2.24) is 0 Å². The second-order valence-electron chi connectivity index (χ2n) is 6.62. The summed E-state index contributed by atoms with van der Waals surface area (Å²) in [5.74, 6) is -0.648. The summed E-state index contributed by atoms with van der Waals surface area (Å²) < 4.78 is 49.2. The molecule has 2 aliphatic rings. The van der Waals surface area contributed by atoms with Crippen LogP contribution in [0.1, 0.15) is 35.2 Å². The molecule has 1 fully saturated rings. The molecule has 1 heterocycles. The Bertz CT molecular complexity index is 966. The van der Waals surface area contributed by atoms with E-state index in [2.05, 4.69) is 0 Å². The summed E-state index contributed by atoms with van der Waals surface area (Å²) in [5.41, 5.74) is 1.07. The van der Waals surface area contributed by atoms with E-state index >= 15 is 0 Å². The van der Waals surface area contributed by atoms with Gasteiger partial charge < -0.3 is 4.90 Å². The van der Waals surface area contributed by atoms with Crippen molar-refractivity contribution in [3.05, 3.63) is 59.4 Å². The minimum absolute atomic E-state index is 0.235. The number of anilines is 1. The van der Waals surface area contributed by atoms with Gasteiger partial charge in [-0.2, -0.15) is 8.42 Å². The van der Waals surface area contributed by atoms with Gasteiger partial charge in [0.15, 0.2) is 0 Å². The smallest absolute Gasteiger partial charge is 0.307 e. The molecule has 0 atom stereocenters. The van der Waals surface area contributed by atoms with Crippen LogP contribution in [0, 0.1) is 5.82 Å². The lowest BCUT2D eigenvalue weighted by atomic mass is 9.65. The number of hydrogen-bond donors (Lipinski definition) is 0. The lowest BCUT2D eigenvalue weighted by Gasteiger charge is -2.39. The Labute approximate surface area is 144 Å². The molecule has 1 saturated carbocycles. The fraction of sp³-hybridized carbons (Fsp3) is 0.278. The third kappa shape index (κ3) is 2.45. The molecule has 0 saturated heterocycles. The summed E-state index contributed by atoms with van der Waals surface area (Å²) in [7, 11) is -4.81. The molecule has 7 heteroatoms. The van der Waals surface area contributed by atoms with Crippen LogP contribution < -0.4 is 4.90 Å². The molecule has 25 heavy (non-hydrogen) atoms. The molecule has 2 aromatic carbocycles. The molecule has 4 nitrogen and oxygen atoms in total. The van der Waals surface area contributed by atoms with Crippen LogP contribution >= 0.6 is 0 Å². The van der Waals surface area contributed by atoms with Crippen molar-refractivity contribution in [3.8, 4) is 0 Å². The van der Waals surface area contributed by atoms with Gasteiger partial charge in [0.2, 0.25) is 0 Å². The van der Waals surface area contributed by atoms with Crippen LogP contribution in [-0.4, -0.2) is 20.9 Å². The molecule has 1 aliphatic heterocycles. The normalized spacial score (nSPS) is 18.1. The number of benzene rings is 2. The number of carbonyl (C=O) groups is 1. The van der Waals surface area contributed by atoms with E-state index in [1.54, 1.807) is 12.1 Å². The predicted molar refractivity (Wildman–Crippen MR) is 88.3 cm³/mol. The first-order valence-electron chi connectivity index (χ1n) is 7.97. The second-order valence-corrected chi connectivity index (χ2v) is 7.97. The summed E-state index contributed by atoms with van der Waals surface area (Å²) >= 11 is 0. The van der Waals surface area contributed by atoms with Gasteiger partial charge in [-0.3, -0.25) is 4.79 Å². The van der Waals surface area contributed by atoms with Gasteiger partial charge in [-0.25, -0.2) is 4.39 Å². The average molecular weight is 363 g/mol. The number of fused-ring (bicyclic) bond motifs is 2. The average Bonchev–Trinajstić information content (AvgIpc) is 2.91. The zero-order valence-electron chi connectivity index (χ0n) is 13.2. The predicted octanol–water partition coefficient (Wildman–Crippen LogP) is 3.57. The Hall–Kier alpha value is -2.28. The Kier molecular flexibility index (Phi) is 3.47. The van der Waals surface area contributed by atoms with Crippen molar-refractivity contribution in [2.24, 2.45) is 0 Å². The van der Waals surface area contributed by atoms with Crippen LogP contribution in [0.15, 0.2) is 47.4 Å². The van der Waals surface area contributed by atoms with Crippen LogP contribution in [0.2, 0.25) is 0 Å². The van der Waals surface area contributed by atoms with Gasteiger partial charge in [-0.05, 0) is 49.2 Å². The SMILES string of the molecule is O=C(c1ccc(S(=O)(=O)F)cc1)N1CC2(CCC2)c2c(F)cccc21. The fourth-order valence-corrected chi connectivity index (χ4v) is 4.30. The van der Waals surface area contributed by atoms with Crippen LogP contribution in [0.25, 0.3) is 0 Å². The van der Waals surface area contributed by atoms with Crippen LogP contribution in [0.3, 0.4) is 0 Å². The van der Waals surface area contributed by atoms with E-state index in [-0.39, 0.29) is 22.7 Å². The molecule has 1 spiro atoms. The third-order valence-electron chi connectivity index (χ3n) is 5.21. The van der Waals surface area contributed by atoms with E-state index in [0.717, 1.165) is 31.4 Å². The maximum atomic E-state index is 14.4. The number of amides is 1. The lowest BCUT2D eigenvalue weighted by molar-refractivity contribution is 0.0978. The molecule has 0 radical (unpaired) electrons. The van der Waals surface area contributed by atoms with Crippen molar-refractivity contribution in [2.45, 2.75) is 29.6 Å². The molecule has 130 valence electrons. The van der Waals surface area contributed by atoms with Crippen LogP contribution in [0.5, 0.6) is 0 Å². The summed E-state index contributed by atoms with van der Waals surface area (Å²) in [4.78, 5) is 13.9. The van der Waals surface area contributed by atoms with E-state index in [0.29, 0.717) is 17.8 Å². The van der Waals surface area contributed by atoms with Gasteiger partial charge in [0, 0.05) is 23.1 Å². The lowest BCUT2D eigenvalue weighted by Crippen LogP contribution is -2.41. The molecule has 4 rings (SSSR count). The van der Waals surface area contributed by atoms with Crippen LogP contribution in [0.4, 0.5) is 14.0 Å². The maximum absolute atomic E-state index is 14.4. The van der Waals surface area contributed by atoms with Gasteiger partial charge in [0.1, 0.15) is 5.82 Å². The van der Waals surface area contributed by atoms with E-state index < -0.39 is 15.1 Å². The minimum atomic E-state index is -4.81. The quantitative estimate of drug-likeness (QED) is 0.767. The largest absolute Gasteiger partial charge is 0.332 e. The second kappa shape index (κ2) is 5.36. The zero-order chi connectivity index (χ0) is 17.8. The summed E-state index contributed by atoms with van der Waals surface area (Å²) in [5, 5.41) is 0. The molecule has 2 aromatic rings. The van der Waals surface area contributed by atoms with Crippen molar-refractivity contribution in [2.75, 3.05) is 11.4 Å². The Morgan fingerprint density at radius 1 is 1.08 bits per heavy atom. The first-order valence-corrected chi connectivity index (χ1v) is 9.36. The van der Waals surface area contributed by atoms with Gasteiger partial charge in [-0.1, -0.05) is 12.5 Å². The molecular formula is C18H15F2NO3S. The van der Waals surface area contributed by atoms with Crippen molar-refractivity contribution >= 4 is 21.8 Å². The highest BCUT2D eigenvalue weighted by atomic mass is 32.3. The Balaban J connectivity index is 1.71. The van der Waals surface area contributed by atoms with E-state index in [4.69, 9.17) is 0 Å². The molecule has 0 bridgehead atoms. The Morgan fingerprint density at radius 3 is 2.32 bits per heavy atom. The summed E-state index contributed by atoms with van der Waals surface area (Å²) in [6.07, 6.45) is 2.67. The number of nitrogens with zero attached hydrogens (tertiary/aromatic N) is 1. The van der Waals surface area contributed by atoms with E-state index in [1.807, 2.05) is 0 Å². The fourth-order valence-electron chi connectivity index (χ4n) is 3.84. The minimum Gasteiger partial charge on any atom is -0.307 e. The Morgan fingerprint density at radius 2 is 1.76 bits per heavy atom. The monoisotopic (exact) mass is 363 g/mol. The summed E-state index contributed by atoms with van der Waals surface area (Å²) in [6.45, 7) is 0.408. The van der Waals surface area contributed by atoms with Gasteiger partial charge in [-0.15, -0.1) is 3.89 Å². The molecule has 0 aromatic heterocycles. The number of halogens is 2.